The largest absolute Gasteiger partial charge is 0.445 e. The molecular weight excluding hydrogens is 390 g/mol. The van der Waals surface area contributed by atoms with Crippen LogP contribution in [0, 0.1) is 0 Å². The number of benzene rings is 1. The zero-order valence-corrected chi connectivity index (χ0v) is 16.8. The minimum atomic E-state index is -0.920. The molecule has 0 radical (unpaired) electrons. The van der Waals surface area contributed by atoms with E-state index in [4.69, 9.17) is 9.84 Å². The second kappa shape index (κ2) is 19.2. The van der Waals surface area contributed by atoms with Crippen LogP contribution < -0.4 is 5.32 Å². The van der Waals surface area contributed by atoms with Crippen molar-refractivity contribution in [2.45, 2.75) is 72.3 Å². The molecule has 1 amide bonds. The summed E-state index contributed by atoms with van der Waals surface area (Å²) in [5, 5.41) is 10.0. The summed E-state index contributed by atoms with van der Waals surface area (Å²) >= 11 is 0. The van der Waals surface area contributed by atoms with E-state index in [1.165, 1.54) is 4.90 Å². The van der Waals surface area contributed by atoms with Crippen molar-refractivity contribution in [1.29, 1.82) is 0 Å². The number of alkyl halides is 2. The van der Waals surface area contributed by atoms with E-state index in [-0.39, 0.29) is 28.0 Å². The predicted molar refractivity (Wildman–Crippen MR) is 120 cm³/mol. The Morgan fingerprint density at radius 2 is 1.70 bits per heavy atom. The van der Waals surface area contributed by atoms with Gasteiger partial charge in [0.2, 0.25) is 0 Å². The van der Waals surface area contributed by atoms with Crippen molar-refractivity contribution in [1.82, 2.24) is 10.2 Å². The lowest BCUT2D eigenvalue weighted by molar-refractivity contribution is 0.0895. The first-order valence-electron chi connectivity index (χ1n) is 10.0. The van der Waals surface area contributed by atoms with Gasteiger partial charge < -0.3 is 20.1 Å². The van der Waals surface area contributed by atoms with Gasteiger partial charge in [0, 0.05) is 20.2 Å². The van der Waals surface area contributed by atoms with E-state index in [9.17, 15) is 13.6 Å². The highest BCUT2D eigenvalue weighted by molar-refractivity contribution is 5.67. The number of nitrogens with zero attached hydrogens (tertiary/aromatic N) is 1. The van der Waals surface area contributed by atoms with Crippen LogP contribution in [0.4, 0.5) is 13.6 Å². The number of likely N-dealkylation sites (tertiary alicyclic amines) is 1. The van der Waals surface area contributed by atoms with Crippen molar-refractivity contribution in [2.75, 3.05) is 33.3 Å². The molecule has 2 heterocycles. The lowest BCUT2D eigenvalue weighted by Gasteiger charge is -2.20. The van der Waals surface area contributed by atoms with E-state index in [2.05, 4.69) is 5.32 Å². The first-order valence-corrected chi connectivity index (χ1v) is 10.0. The summed E-state index contributed by atoms with van der Waals surface area (Å²) in [4.78, 5) is 13.3. The molecule has 2 unspecified atom stereocenters. The molecule has 2 aliphatic heterocycles. The average molecular weight is 433 g/mol. The predicted octanol–water partition coefficient (Wildman–Crippen LogP) is 5.13. The number of aliphatic hydroxyl groups excluding tert-OH is 1. The van der Waals surface area contributed by atoms with E-state index < -0.39 is 18.4 Å². The Balaban J connectivity index is 0. The van der Waals surface area contributed by atoms with Crippen LogP contribution in [0.1, 0.15) is 58.9 Å². The molecule has 1 aromatic carbocycles. The van der Waals surface area contributed by atoms with E-state index in [1.807, 2.05) is 30.3 Å². The maximum Gasteiger partial charge on any atom is 0.410 e. The third-order valence-electron chi connectivity index (χ3n) is 4.56. The fourth-order valence-electron chi connectivity index (χ4n) is 3.04. The molecule has 2 aliphatic rings. The SMILES string of the molecule is C.C.CO.FC1CCCCNC1.O=C(OCc1ccccc1)N1CCCCC(F)C1. The zero-order valence-electron chi connectivity index (χ0n) is 16.8. The molecule has 2 fully saturated rings. The van der Waals surface area contributed by atoms with Crippen LogP contribution in [0.5, 0.6) is 0 Å². The summed E-state index contributed by atoms with van der Waals surface area (Å²) in [6.07, 6.45) is 3.26. The molecule has 7 heteroatoms. The Bertz CT molecular complexity index is 512. The quantitative estimate of drug-likeness (QED) is 0.680. The Morgan fingerprint density at radius 3 is 2.40 bits per heavy atom. The summed E-state index contributed by atoms with van der Waals surface area (Å²) in [5.74, 6) is 0. The van der Waals surface area contributed by atoms with Gasteiger partial charge in [-0.05, 0) is 50.6 Å². The minimum Gasteiger partial charge on any atom is -0.445 e. The molecule has 0 spiro atoms. The van der Waals surface area contributed by atoms with Crippen LogP contribution >= 0.6 is 0 Å². The molecule has 2 N–H and O–H groups in total. The summed E-state index contributed by atoms with van der Waals surface area (Å²) in [6, 6.07) is 9.49. The van der Waals surface area contributed by atoms with E-state index in [1.54, 1.807) is 0 Å². The Hall–Kier alpha value is -1.73. The number of amides is 1. The molecule has 0 aliphatic carbocycles. The third kappa shape index (κ3) is 13.5. The van der Waals surface area contributed by atoms with Crippen molar-refractivity contribution >= 4 is 6.09 Å². The summed E-state index contributed by atoms with van der Waals surface area (Å²) in [6.45, 7) is 2.56. The molecular formula is C23H42F2N2O3. The average Bonchev–Trinajstić information content (AvgIpc) is 3.11. The van der Waals surface area contributed by atoms with Crippen LogP contribution in [0.3, 0.4) is 0 Å². The third-order valence-corrected chi connectivity index (χ3v) is 4.56. The van der Waals surface area contributed by atoms with E-state index >= 15 is 0 Å². The lowest BCUT2D eigenvalue weighted by atomic mass is 10.2. The van der Waals surface area contributed by atoms with Crippen molar-refractivity contribution in [3.63, 3.8) is 0 Å². The van der Waals surface area contributed by atoms with Crippen molar-refractivity contribution < 1.29 is 23.4 Å². The molecule has 1 aromatic rings. The van der Waals surface area contributed by atoms with Gasteiger partial charge in [-0.3, -0.25) is 0 Å². The zero-order chi connectivity index (χ0) is 20.6. The number of carbonyl (C=O) groups excluding carboxylic acids is 1. The Kier molecular flexibility index (Phi) is 19.5. The van der Waals surface area contributed by atoms with Gasteiger partial charge in [0.05, 0.1) is 6.54 Å². The van der Waals surface area contributed by atoms with Gasteiger partial charge >= 0.3 is 6.09 Å². The van der Waals surface area contributed by atoms with Gasteiger partial charge in [-0.1, -0.05) is 45.2 Å². The maximum absolute atomic E-state index is 13.4. The van der Waals surface area contributed by atoms with Crippen molar-refractivity contribution in [3.05, 3.63) is 35.9 Å². The smallest absolute Gasteiger partial charge is 0.410 e. The van der Waals surface area contributed by atoms with Crippen molar-refractivity contribution in [2.24, 2.45) is 0 Å². The first kappa shape index (κ1) is 30.5. The fraction of sp³-hybridized carbons (Fsp3) is 0.696. The summed E-state index contributed by atoms with van der Waals surface area (Å²) in [7, 11) is 1.00. The monoisotopic (exact) mass is 432 g/mol. The second-order valence-corrected chi connectivity index (χ2v) is 6.88. The second-order valence-electron chi connectivity index (χ2n) is 6.88. The molecule has 2 saturated heterocycles. The van der Waals surface area contributed by atoms with Crippen molar-refractivity contribution in [3.8, 4) is 0 Å². The van der Waals surface area contributed by atoms with Gasteiger partial charge in [-0.15, -0.1) is 0 Å². The highest BCUT2D eigenvalue weighted by Crippen LogP contribution is 2.14. The van der Waals surface area contributed by atoms with Crippen LogP contribution in [-0.4, -0.2) is 61.7 Å². The molecule has 0 saturated carbocycles. The van der Waals surface area contributed by atoms with E-state index in [0.29, 0.717) is 19.5 Å². The fourth-order valence-corrected chi connectivity index (χ4v) is 3.04. The highest BCUT2D eigenvalue weighted by Gasteiger charge is 2.22. The molecule has 176 valence electrons. The standard InChI is InChI=1S/C14H18FNO2.C6H12FN.CH4O.2CH4/c15-13-8-4-5-9-16(10-13)14(17)18-11-12-6-2-1-3-7-12;7-6-3-1-2-4-8-5-6;1-2;;/h1-3,6-7,13H,4-5,8-11H2;6,8H,1-5H2;2H,1H3;2*1H4. The lowest BCUT2D eigenvalue weighted by Crippen LogP contribution is -2.35. The van der Waals surface area contributed by atoms with Gasteiger partial charge in [-0.25, -0.2) is 13.6 Å². The van der Waals surface area contributed by atoms with Gasteiger partial charge in [0.1, 0.15) is 19.0 Å². The maximum atomic E-state index is 13.4. The Morgan fingerprint density at radius 1 is 1.07 bits per heavy atom. The van der Waals surface area contributed by atoms with Crippen LogP contribution in [0.25, 0.3) is 0 Å². The van der Waals surface area contributed by atoms with Gasteiger partial charge in [-0.2, -0.15) is 0 Å². The minimum absolute atomic E-state index is 0. The Labute approximate surface area is 181 Å². The number of halogens is 2. The topological polar surface area (TPSA) is 61.8 Å². The van der Waals surface area contributed by atoms with E-state index in [0.717, 1.165) is 51.3 Å². The summed E-state index contributed by atoms with van der Waals surface area (Å²) < 4.78 is 30.9. The molecule has 5 nitrogen and oxygen atoms in total. The van der Waals surface area contributed by atoms with Crippen LogP contribution in [0.2, 0.25) is 0 Å². The molecule has 0 bridgehead atoms. The highest BCUT2D eigenvalue weighted by atomic mass is 19.1. The molecule has 0 aromatic heterocycles. The first-order chi connectivity index (χ1) is 13.6. The number of rotatable bonds is 2. The molecule has 2 atom stereocenters. The molecule has 3 rings (SSSR count). The van der Waals surface area contributed by atoms with Gasteiger partial charge in [0.15, 0.2) is 0 Å². The normalized spacial score (nSPS) is 20.9. The molecule has 30 heavy (non-hydrogen) atoms. The number of hydrogen-bond donors (Lipinski definition) is 2. The number of nitrogens with one attached hydrogen (secondary N) is 1. The summed E-state index contributed by atoms with van der Waals surface area (Å²) in [5.41, 5.74) is 0.942. The number of ether oxygens (including phenoxy) is 1. The number of carbonyl (C=O) groups is 1. The number of hydrogen-bond acceptors (Lipinski definition) is 4. The van der Waals surface area contributed by atoms with Crippen LogP contribution in [-0.2, 0) is 11.3 Å². The van der Waals surface area contributed by atoms with Gasteiger partial charge in [0.25, 0.3) is 0 Å². The number of aliphatic hydroxyl groups is 1. The van der Waals surface area contributed by atoms with Crippen LogP contribution in [0.15, 0.2) is 30.3 Å².